The van der Waals surface area contributed by atoms with Crippen LogP contribution in [0.25, 0.3) is 5.69 Å². The number of rotatable bonds is 5. The molecular formula is C19H21FN6O2S. The number of piperidine rings is 1. The molecule has 3 aromatic rings. The molecule has 8 nitrogen and oxygen atoms in total. The molecule has 0 saturated carbocycles. The first-order chi connectivity index (χ1) is 13.9. The van der Waals surface area contributed by atoms with Crippen molar-refractivity contribution < 1.29 is 12.8 Å². The van der Waals surface area contributed by atoms with Gasteiger partial charge in [0.25, 0.3) is 0 Å². The lowest BCUT2D eigenvalue weighted by Gasteiger charge is -2.35. The van der Waals surface area contributed by atoms with E-state index in [1.54, 1.807) is 24.3 Å². The summed E-state index contributed by atoms with van der Waals surface area (Å²) in [6.45, 7) is 3.00. The van der Waals surface area contributed by atoms with Crippen LogP contribution >= 0.6 is 0 Å². The molecule has 4 rings (SSSR count). The normalized spacial score (nSPS) is 17.4. The summed E-state index contributed by atoms with van der Waals surface area (Å²) in [5.41, 5.74) is 2.02. The highest BCUT2D eigenvalue weighted by molar-refractivity contribution is 7.89. The van der Waals surface area contributed by atoms with Crippen molar-refractivity contribution in [2.24, 2.45) is 0 Å². The summed E-state index contributed by atoms with van der Waals surface area (Å²) in [6, 6.07) is 11.0. The van der Waals surface area contributed by atoms with Gasteiger partial charge >= 0.3 is 0 Å². The minimum atomic E-state index is -3.75. The first-order valence-corrected chi connectivity index (χ1v) is 10.8. The third-order valence-corrected chi connectivity index (χ3v) is 6.45. The molecule has 1 N–H and O–H groups in total. The Bertz CT molecular complexity index is 1100. The zero-order chi connectivity index (χ0) is 20.4. The predicted molar refractivity (Wildman–Crippen MR) is 106 cm³/mol. The van der Waals surface area contributed by atoms with Crippen molar-refractivity contribution >= 4 is 15.7 Å². The molecule has 0 bridgehead atoms. The first-order valence-electron chi connectivity index (χ1n) is 9.29. The number of aryl methyl sites for hydroxylation is 1. The SMILES string of the molecule is Cc1ccc(F)c(N2CCCC(NS(=O)(=O)c3cccc(-n4cnnn4)c3)C2)c1. The van der Waals surface area contributed by atoms with Crippen molar-refractivity contribution in [1.82, 2.24) is 24.9 Å². The van der Waals surface area contributed by atoms with E-state index in [0.29, 0.717) is 30.9 Å². The second-order valence-corrected chi connectivity index (χ2v) is 8.83. The summed E-state index contributed by atoms with van der Waals surface area (Å²) in [5.74, 6) is -0.298. The summed E-state index contributed by atoms with van der Waals surface area (Å²) in [5, 5.41) is 10.9. The highest BCUT2D eigenvalue weighted by Crippen LogP contribution is 2.25. The number of benzene rings is 2. The molecule has 29 heavy (non-hydrogen) atoms. The fraction of sp³-hybridized carbons (Fsp3) is 0.316. The van der Waals surface area contributed by atoms with Crippen molar-refractivity contribution in [2.45, 2.75) is 30.7 Å². The van der Waals surface area contributed by atoms with Gasteiger partial charge in [0.15, 0.2) is 0 Å². The number of sulfonamides is 1. The van der Waals surface area contributed by atoms with Gasteiger partial charge < -0.3 is 4.90 Å². The number of tetrazole rings is 1. The Morgan fingerprint density at radius 3 is 2.86 bits per heavy atom. The Labute approximate surface area is 168 Å². The highest BCUT2D eigenvalue weighted by atomic mass is 32.2. The monoisotopic (exact) mass is 416 g/mol. The zero-order valence-corrected chi connectivity index (χ0v) is 16.7. The predicted octanol–water partition coefficient (Wildman–Crippen LogP) is 2.06. The summed E-state index contributed by atoms with van der Waals surface area (Å²) < 4.78 is 44.3. The molecule has 1 saturated heterocycles. The van der Waals surface area contributed by atoms with Crippen molar-refractivity contribution in [3.63, 3.8) is 0 Å². The van der Waals surface area contributed by atoms with Crippen molar-refractivity contribution in [3.8, 4) is 5.69 Å². The van der Waals surface area contributed by atoms with Gasteiger partial charge in [0.2, 0.25) is 10.0 Å². The van der Waals surface area contributed by atoms with E-state index in [9.17, 15) is 12.8 Å². The van der Waals surface area contributed by atoms with Crippen LogP contribution in [0.3, 0.4) is 0 Å². The molecule has 152 valence electrons. The number of aromatic nitrogens is 4. The average Bonchev–Trinajstić information content (AvgIpc) is 3.25. The maximum absolute atomic E-state index is 14.3. The quantitative estimate of drug-likeness (QED) is 0.684. The van der Waals surface area contributed by atoms with Gasteiger partial charge in [-0.25, -0.2) is 22.2 Å². The fourth-order valence-electron chi connectivity index (χ4n) is 3.52. The first kappa shape index (κ1) is 19.5. The molecule has 0 spiro atoms. The topological polar surface area (TPSA) is 93.0 Å². The van der Waals surface area contributed by atoms with Crippen LogP contribution in [-0.4, -0.2) is 47.8 Å². The van der Waals surface area contributed by atoms with Gasteiger partial charge in [0.05, 0.1) is 16.3 Å². The summed E-state index contributed by atoms with van der Waals surface area (Å²) >= 11 is 0. The van der Waals surface area contributed by atoms with Gasteiger partial charge in [-0.1, -0.05) is 12.1 Å². The lowest BCUT2D eigenvalue weighted by Crippen LogP contribution is -2.48. The minimum Gasteiger partial charge on any atom is -0.368 e. The van der Waals surface area contributed by atoms with E-state index in [1.165, 1.54) is 29.2 Å². The molecule has 0 aliphatic carbocycles. The van der Waals surface area contributed by atoms with Crippen LogP contribution in [-0.2, 0) is 10.0 Å². The average molecular weight is 416 g/mol. The molecule has 1 fully saturated rings. The van der Waals surface area contributed by atoms with Crippen molar-refractivity contribution in [2.75, 3.05) is 18.0 Å². The smallest absolute Gasteiger partial charge is 0.240 e. The van der Waals surface area contributed by atoms with E-state index in [1.807, 2.05) is 11.8 Å². The molecule has 0 radical (unpaired) electrons. The number of nitrogens with zero attached hydrogens (tertiary/aromatic N) is 5. The lowest BCUT2D eigenvalue weighted by molar-refractivity contribution is 0.461. The Morgan fingerprint density at radius 1 is 1.21 bits per heavy atom. The van der Waals surface area contributed by atoms with Gasteiger partial charge in [-0.3, -0.25) is 0 Å². The summed E-state index contributed by atoms with van der Waals surface area (Å²) in [6.07, 6.45) is 2.86. The van der Waals surface area contributed by atoms with Crippen LogP contribution in [0, 0.1) is 12.7 Å². The standard InChI is InChI=1S/C19H21FN6O2S/c1-14-7-8-18(20)19(10-14)25-9-3-4-15(12-25)22-29(27,28)17-6-2-5-16(11-17)26-13-21-23-24-26/h2,5-8,10-11,13,15,22H,3-4,9,12H2,1H3. The van der Waals surface area contributed by atoms with Crippen molar-refractivity contribution in [3.05, 3.63) is 60.2 Å². The molecule has 2 heterocycles. The number of nitrogens with one attached hydrogen (secondary N) is 1. The second-order valence-electron chi connectivity index (χ2n) is 7.11. The number of halogens is 1. The van der Waals surface area contributed by atoms with Crippen LogP contribution < -0.4 is 9.62 Å². The number of hydrogen-bond acceptors (Lipinski definition) is 6. The summed E-state index contributed by atoms with van der Waals surface area (Å²) in [7, 11) is -3.75. The minimum absolute atomic E-state index is 0.129. The van der Waals surface area contributed by atoms with Crippen molar-refractivity contribution in [1.29, 1.82) is 0 Å². The molecule has 1 aliphatic rings. The lowest BCUT2D eigenvalue weighted by atomic mass is 10.1. The highest BCUT2D eigenvalue weighted by Gasteiger charge is 2.27. The molecule has 0 amide bonds. The summed E-state index contributed by atoms with van der Waals surface area (Å²) in [4.78, 5) is 2.03. The van der Waals surface area contributed by atoms with Gasteiger partial charge in [-0.2, -0.15) is 0 Å². The van der Waals surface area contributed by atoms with E-state index in [4.69, 9.17) is 0 Å². The maximum atomic E-state index is 14.3. The van der Waals surface area contributed by atoms with Crippen LogP contribution in [0.5, 0.6) is 0 Å². The largest absolute Gasteiger partial charge is 0.368 e. The molecule has 2 aromatic carbocycles. The van der Waals surface area contributed by atoms with Crippen LogP contribution in [0.15, 0.2) is 53.7 Å². The van der Waals surface area contributed by atoms with Crippen LogP contribution in [0.4, 0.5) is 10.1 Å². The molecule has 1 unspecified atom stereocenters. The molecule has 1 aliphatic heterocycles. The second kappa shape index (κ2) is 7.88. The van der Waals surface area contributed by atoms with E-state index >= 15 is 0 Å². The van der Waals surface area contributed by atoms with E-state index in [-0.39, 0.29) is 16.8 Å². The molecule has 1 aromatic heterocycles. The fourth-order valence-corrected chi connectivity index (χ4v) is 4.82. The zero-order valence-electron chi connectivity index (χ0n) is 15.9. The van der Waals surface area contributed by atoms with Gasteiger partial charge in [-0.05, 0) is 66.1 Å². The van der Waals surface area contributed by atoms with Crippen LogP contribution in [0.1, 0.15) is 18.4 Å². The Hall–Kier alpha value is -2.85. The van der Waals surface area contributed by atoms with Gasteiger partial charge in [0.1, 0.15) is 12.1 Å². The van der Waals surface area contributed by atoms with E-state index in [0.717, 1.165) is 12.0 Å². The Balaban J connectivity index is 1.52. The Morgan fingerprint density at radius 2 is 2.07 bits per heavy atom. The van der Waals surface area contributed by atoms with E-state index < -0.39 is 10.0 Å². The third-order valence-electron chi connectivity index (χ3n) is 4.93. The van der Waals surface area contributed by atoms with Gasteiger partial charge in [-0.15, -0.1) is 5.10 Å². The maximum Gasteiger partial charge on any atom is 0.240 e. The molecule has 10 heteroatoms. The molecular weight excluding hydrogens is 395 g/mol. The number of hydrogen-bond donors (Lipinski definition) is 1. The molecule has 1 atom stereocenters. The van der Waals surface area contributed by atoms with E-state index in [2.05, 4.69) is 20.2 Å². The van der Waals surface area contributed by atoms with Gasteiger partial charge in [0, 0.05) is 19.1 Å². The number of anilines is 1. The van der Waals surface area contributed by atoms with Crippen LogP contribution in [0.2, 0.25) is 0 Å². The third kappa shape index (κ3) is 4.28. The Kier molecular flexibility index (Phi) is 5.29.